The Labute approximate surface area is 170 Å². The van der Waals surface area contributed by atoms with Gasteiger partial charge in [-0.1, -0.05) is 35.9 Å². The highest BCUT2D eigenvalue weighted by Crippen LogP contribution is 2.27. The quantitative estimate of drug-likeness (QED) is 0.520. The normalized spacial score (nSPS) is 15.3. The fourth-order valence-electron chi connectivity index (χ4n) is 3.86. The van der Waals surface area contributed by atoms with Crippen LogP contribution in [-0.4, -0.2) is 16.5 Å². The lowest BCUT2D eigenvalue weighted by atomic mass is 10.1. The van der Waals surface area contributed by atoms with Crippen molar-refractivity contribution in [1.82, 2.24) is 9.88 Å². The molecule has 0 saturated carbocycles. The number of imide groups is 1. The van der Waals surface area contributed by atoms with Crippen molar-refractivity contribution in [3.63, 3.8) is 0 Å². The van der Waals surface area contributed by atoms with Crippen LogP contribution in [0.1, 0.15) is 28.1 Å². The second-order valence-corrected chi connectivity index (χ2v) is 7.42. The van der Waals surface area contributed by atoms with Crippen molar-refractivity contribution in [1.29, 1.82) is 0 Å². The second kappa shape index (κ2) is 7.09. The Morgan fingerprint density at radius 2 is 1.62 bits per heavy atom. The molecule has 1 saturated heterocycles. The van der Waals surface area contributed by atoms with Crippen LogP contribution in [0.4, 0.5) is 10.5 Å². The summed E-state index contributed by atoms with van der Waals surface area (Å²) in [5.41, 5.74) is 7.34. The van der Waals surface area contributed by atoms with E-state index >= 15 is 0 Å². The number of amides is 3. The second-order valence-electron chi connectivity index (χ2n) is 7.42. The summed E-state index contributed by atoms with van der Waals surface area (Å²) in [7, 11) is 0. The summed E-state index contributed by atoms with van der Waals surface area (Å²) in [5, 5.41) is 2.70. The van der Waals surface area contributed by atoms with Gasteiger partial charge in [-0.2, -0.15) is 0 Å². The van der Waals surface area contributed by atoms with E-state index in [2.05, 4.69) is 41.9 Å². The first-order valence-corrected chi connectivity index (χ1v) is 9.55. The van der Waals surface area contributed by atoms with Crippen LogP contribution >= 0.6 is 0 Å². The molecule has 29 heavy (non-hydrogen) atoms. The van der Waals surface area contributed by atoms with E-state index in [1.54, 1.807) is 30.3 Å². The third-order valence-electron chi connectivity index (χ3n) is 5.26. The molecule has 146 valence electrons. The molecule has 0 radical (unpaired) electrons. The molecule has 1 aliphatic heterocycles. The topological polar surface area (TPSA) is 54.3 Å². The van der Waals surface area contributed by atoms with Crippen LogP contribution in [0.15, 0.2) is 60.3 Å². The molecule has 5 nitrogen and oxygen atoms in total. The molecule has 0 spiro atoms. The number of nitrogens with one attached hydrogen (secondary N) is 1. The van der Waals surface area contributed by atoms with Gasteiger partial charge in [-0.25, -0.2) is 9.69 Å². The first-order valence-electron chi connectivity index (χ1n) is 9.55. The molecular formula is C24H23N3O2. The molecule has 5 heteroatoms. The monoisotopic (exact) mass is 385 g/mol. The molecule has 0 aliphatic carbocycles. The molecule has 1 aliphatic rings. The maximum absolute atomic E-state index is 12.9. The average molecular weight is 385 g/mol. The number of anilines is 1. The SMILES string of the molecule is Cc1ccc(-n2c(C)cc(/C=C3/NC(=O)N(c4ccccc4)C3=O)c2C)c(C)c1. The number of hydrogen-bond acceptors (Lipinski definition) is 2. The summed E-state index contributed by atoms with van der Waals surface area (Å²) >= 11 is 0. The zero-order valence-electron chi connectivity index (χ0n) is 17.0. The Bertz CT molecular complexity index is 1160. The lowest BCUT2D eigenvalue weighted by molar-refractivity contribution is -0.113. The molecular weight excluding hydrogens is 362 g/mol. The van der Waals surface area contributed by atoms with Gasteiger partial charge in [0.15, 0.2) is 0 Å². The van der Waals surface area contributed by atoms with Gasteiger partial charge in [0.25, 0.3) is 5.91 Å². The highest BCUT2D eigenvalue weighted by atomic mass is 16.2. The number of carbonyl (C=O) groups is 2. The predicted octanol–water partition coefficient (Wildman–Crippen LogP) is 4.81. The van der Waals surface area contributed by atoms with Crippen LogP contribution in [0, 0.1) is 27.7 Å². The van der Waals surface area contributed by atoms with E-state index in [0.717, 1.165) is 27.5 Å². The van der Waals surface area contributed by atoms with Crippen LogP contribution < -0.4 is 10.2 Å². The maximum atomic E-state index is 12.9. The van der Waals surface area contributed by atoms with Crippen LogP contribution in [0.25, 0.3) is 11.8 Å². The predicted molar refractivity (Wildman–Crippen MR) is 115 cm³/mol. The van der Waals surface area contributed by atoms with Crippen molar-refractivity contribution in [3.8, 4) is 5.69 Å². The minimum absolute atomic E-state index is 0.278. The van der Waals surface area contributed by atoms with Crippen LogP contribution in [0.2, 0.25) is 0 Å². The number of benzene rings is 2. The van der Waals surface area contributed by atoms with Gasteiger partial charge < -0.3 is 9.88 Å². The van der Waals surface area contributed by atoms with E-state index in [4.69, 9.17) is 0 Å². The molecule has 3 aromatic rings. The van der Waals surface area contributed by atoms with E-state index in [1.807, 2.05) is 26.0 Å². The Morgan fingerprint density at radius 1 is 0.897 bits per heavy atom. The molecule has 2 aromatic carbocycles. The highest BCUT2D eigenvalue weighted by Gasteiger charge is 2.34. The Morgan fingerprint density at radius 3 is 2.31 bits per heavy atom. The average Bonchev–Trinajstić information content (AvgIpc) is 3.11. The lowest BCUT2D eigenvalue weighted by Crippen LogP contribution is -2.30. The number of aryl methyl sites for hydroxylation is 3. The molecule has 1 N–H and O–H groups in total. The van der Waals surface area contributed by atoms with Crippen molar-refractivity contribution < 1.29 is 9.59 Å². The van der Waals surface area contributed by atoms with Crippen molar-refractivity contribution in [2.75, 3.05) is 4.90 Å². The molecule has 0 bridgehead atoms. The van der Waals surface area contributed by atoms with Gasteiger partial charge in [0.05, 0.1) is 5.69 Å². The van der Waals surface area contributed by atoms with Crippen molar-refractivity contribution in [2.24, 2.45) is 0 Å². The minimum atomic E-state index is -0.435. The molecule has 3 amide bonds. The van der Waals surface area contributed by atoms with Crippen molar-refractivity contribution >= 4 is 23.7 Å². The van der Waals surface area contributed by atoms with Gasteiger partial charge in [-0.05, 0) is 69.2 Å². The molecule has 4 rings (SSSR count). The number of urea groups is 1. The van der Waals surface area contributed by atoms with E-state index in [-0.39, 0.29) is 11.6 Å². The summed E-state index contributed by atoms with van der Waals surface area (Å²) in [6.07, 6.45) is 1.76. The van der Waals surface area contributed by atoms with Crippen LogP contribution in [0.5, 0.6) is 0 Å². The molecule has 0 atom stereocenters. The van der Waals surface area contributed by atoms with Gasteiger partial charge in [-0.3, -0.25) is 4.79 Å². The summed E-state index contributed by atoms with van der Waals surface area (Å²) in [5.74, 6) is -0.350. The number of carbonyl (C=O) groups excluding carboxylic acids is 2. The van der Waals surface area contributed by atoms with Crippen molar-refractivity contribution in [3.05, 3.63) is 88.4 Å². The van der Waals surface area contributed by atoms with Gasteiger partial charge in [0.2, 0.25) is 0 Å². The van der Waals surface area contributed by atoms with E-state index in [1.165, 1.54) is 11.1 Å². The molecule has 1 aromatic heterocycles. The van der Waals surface area contributed by atoms with Gasteiger partial charge >= 0.3 is 6.03 Å². The summed E-state index contributed by atoms with van der Waals surface area (Å²) < 4.78 is 2.18. The van der Waals surface area contributed by atoms with E-state index < -0.39 is 6.03 Å². The zero-order valence-corrected chi connectivity index (χ0v) is 17.0. The minimum Gasteiger partial charge on any atom is -0.318 e. The lowest BCUT2D eigenvalue weighted by Gasteiger charge is -2.13. The highest BCUT2D eigenvalue weighted by molar-refractivity contribution is 6.28. The third kappa shape index (κ3) is 3.25. The maximum Gasteiger partial charge on any atom is 0.333 e. The zero-order chi connectivity index (χ0) is 20.7. The Balaban J connectivity index is 1.73. The van der Waals surface area contributed by atoms with E-state index in [0.29, 0.717) is 5.69 Å². The van der Waals surface area contributed by atoms with Crippen LogP contribution in [0.3, 0.4) is 0 Å². The smallest absolute Gasteiger partial charge is 0.318 e. The van der Waals surface area contributed by atoms with Gasteiger partial charge in [-0.15, -0.1) is 0 Å². The molecule has 1 fully saturated rings. The van der Waals surface area contributed by atoms with E-state index in [9.17, 15) is 9.59 Å². The number of aromatic nitrogens is 1. The standard InChI is InChI=1S/C24H23N3O2/c1-15-10-11-22(16(2)12-15)26-17(3)13-19(18(26)4)14-21-23(28)27(24(29)25-21)20-8-6-5-7-9-20/h5-14H,1-4H3,(H,25,29)/b21-14+. The summed E-state index contributed by atoms with van der Waals surface area (Å²) in [6.45, 7) is 8.24. The third-order valence-corrected chi connectivity index (χ3v) is 5.26. The Kier molecular flexibility index (Phi) is 4.59. The first-order chi connectivity index (χ1) is 13.9. The fraction of sp³-hybridized carbons (Fsp3) is 0.167. The molecule has 0 unspecified atom stereocenters. The summed E-state index contributed by atoms with van der Waals surface area (Å²) in [6, 6.07) is 16.9. The first kappa shape index (κ1) is 18.7. The van der Waals surface area contributed by atoms with Gasteiger partial charge in [0.1, 0.15) is 5.70 Å². The Hall–Kier alpha value is -3.60. The van der Waals surface area contributed by atoms with Crippen molar-refractivity contribution in [2.45, 2.75) is 27.7 Å². The molecule has 2 heterocycles. The van der Waals surface area contributed by atoms with Crippen LogP contribution in [-0.2, 0) is 4.79 Å². The number of para-hydroxylation sites is 1. The van der Waals surface area contributed by atoms with Gasteiger partial charge in [0, 0.05) is 17.1 Å². The number of hydrogen-bond donors (Lipinski definition) is 1. The number of nitrogens with zero attached hydrogens (tertiary/aromatic N) is 2. The fourth-order valence-corrected chi connectivity index (χ4v) is 3.86. The number of rotatable bonds is 3. The summed E-state index contributed by atoms with van der Waals surface area (Å²) in [4.78, 5) is 26.4. The largest absolute Gasteiger partial charge is 0.333 e.